The monoisotopic (exact) mass is 333 g/mol. The highest BCUT2D eigenvalue weighted by Gasteiger charge is 2.34. The minimum absolute atomic E-state index is 0.460. The molecule has 5 nitrogen and oxygen atoms in total. The molecule has 3 aliphatic rings. The van der Waals surface area contributed by atoms with Gasteiger partial charge >= 0.3 is 0 Å². The molecular formula is C19H35N5. The molecule has 24 heavy (non-hydrogen) atoms. The molecule has 136 valence electrons. The number of hydrogen-bond donors (Lipinski definition) is 2. The van der Waals surface area contributed by atoms with Gasteiger partial charge in [-0.25, -0.2) is 4.99 Å². The number of fused-ring (bicyclic) bond motifs is 1. The fraction of sp³-hybridized carbons (Fsp3) is 0.895. The first-order chi connectivity index (χ1) is 11.7. The van der Waals surface area contributed by atoms with E-state index in [1.807, 2.05) is 0 Å². The summed E-state index contributed by atoms with van der Waals surface area (Å²) < 4.78 is 0. The molecule has 2 N–H and O–H groups in total. The fourth-order valence-electron chi connectivity index (χ4n) is 4.24. The lowest BCUT2D eigenvalue weighted by Gasteiger charge is -2.37. The van der Waals surface area contributed by atoms with E-state index in [-0.39, 0.29) is 0 Å². The Kier molecular flexibility index (Phi) is 6.28. The van der Waals surface area contributed by atoms with Crippen LogP contribution in [0.5, 0.6) is 0 Å². The molecule has 0 aromatic rings. The maximum absolute atomic E-state index is 5.05. The SMILES string of the molecule is CC[C@@H](NC1=NC(CN2CCNCC2)=NC2CCCCC12)C(C)C. The number of piperazine rings is 1. The van der Waals surface area contributed by atoms with E-state index in [2.05, 4.69) is 36.3 Å². The van der Waals surface area contributed by atoms with E-state index >= 15 is 0 Å². The van der Waals surface area contributed by atoms with Gasteiger partial charge in [-0.2, -0.15) is 0 Å². The number of amidine groups is 2. The second-order valence-electron chi connectivity index (χ2n) is 7.93. The molecule has 3 rings (SSSR count). The summed E-state index contributed by atoms with van der Waals surface area (Å²) in [6.07, 6.45) is 6.27. The van der Waals surface area contributed by atoms with Crippen LogP contribution >= 0.6 is 0 Å². The molecule has 2 heterocycles. The van der Waals surface area contributed by atoms with Gasteiger partial charge in [0, 0.05) is 38.1 Å². The Labute approximate surface area is 147 Å². The quantitative estimate of drug-likeness (QED) is 0.811. The zero-order valence-corrected chi connectivity index (χ0v) is 15.7. The van der Waals surface area contributed by atoms with E-state index in [0.717, 1.165) is 45.0 Å². The highest BCUT2D eigenvalue weighted by molar-refractivity contribution is 6.01. The van der Waals surface area contributed by atoms with Crippen molar-refractivity contribution in [1.29, 1.82) is 0 Å². The Morgan fingerprint density at radius 1 is 1.21 bits per heavy atom. The van der Waals surface area contributed by atoms with Crippen molar-refractivity contribution in [3.05, 3.63) is 0 Å². The molecule has 0 spiro atoms. The predicted octanol–water partition coefficient (Wildman–Crippen LogP) is 2.29. The van der Waals surface area contributed by atoms with E-state index < -0.39 is 0 Å². The predicted molar refractivity (Wildman–Crippen MR) is 102 cm³/mol. The van der Waals surface area contributed by atoms with E-state index in [1.54, 1.807) is 0 Å². The average molecular weight is 334 g/mol. The van der Waals surface area contributed by atoms with Crippen LogP contribution in [0.25, 0.3) is 0 Å². The fourth-order valence-corrected chi connectivity index (χ4v) is 4.24. The lowest BCUT2D eigenvalue weighted by Crippen LogP contribution is -2.50. The van der Waals surface area contributed by atoms with Crippen molar-refractivity contribution in [1.82, 2.24) is 15.5 Å². The summed E-state index contributed by atoms with van der Waals surface area (Å²) in [7, 11) is 0. The average Bonchev–Trinajstić information content (AvgIpc) is 2.60. The zero-order chi connectivity index (χ0) is 16.9. The first kappa shape index (κ1) is 17.9. The van der Waals surface area contributed by atoms with Crippen LogP contribution in [0.2, 0.25) is 0 Å². The molecule has 1 aliphatic carbocycles. The molecule has 0 amide bonds. The zero-order valence-electron chi connectivity index (χ0n) is 15.7. The molecule has 1 saturated carbocycles. The third kappa shape index (κ3) is 4.37. The van der Waals surface area contributed by atoms with Crippen LogP contribution in [-0.4, -0.2) is 61.4 Å². The molecule has 0 aromatic heterocycles. The molecule has 0 bridgehead atoms. The second kappa shape index (κ2) is 8.43. The van der Waals surface area contributed by atoms with Gasteiger partial charge in [-0.05, 0) is 25.2 Å². The Morgan fingerprint density at radius 2 is 1.96 bits per heavy atom. The van der Waals surface area contributed by atoms with Crippen molar-refractivity contribution in [2.45, 2.75) is 65.0 Å². The third-order valence-electron chi connectivity index (χ3n) is 5.80. The van der Waals surface area contributed by atoms with Crippen LogP contribution in [-0.2, 0) is 0 Å². The number of nitrogens with one attached hydrogen (secondary N) is 2. The highest BCUT2D eigenvalue weighted by Crippen LogP contribution is 2.30. The van der Waals surface area contributed by atoms with Crippen molar-refractivity contribution in [3.63, 3.8) is 0 Å². The van der Waals surface area contributed by atoms with E-state index in [1.165, 1.54) is 31.5 Å². The summed E-state index contributed by atoms with van der Waals surface area (Å²) in [5.74, 6) is 3.45. The normalized spacial score (nSPS) is 29.7. The van der Waals surface area contributed by atoms with Crippen molar-refractivity contribution >= 4 is 11.7 Å². The Bertz CT molecular complexity index is 464. The number of rotatable bonds is 5. The van der Waals surface area contributed by atoms with Crippen molar-refractivity contribution < 1.29 is 0 Å². The molecule has 1 saturated heterocycles. The van der Waals surface area contributed by atoms with Gasteiger partial charge in [0.2, 0.25) is 0 Å². The van der Waals surface area contributed by atoms with Gasteiger partial charge in [-0.15, -0.1) is 0 Å². The number of hydrogen-bond acceptors (Lipinski definition) is 5. The molecule has 2 aliphatic heterocycles. The lowest BCUT2D eigenvalue weighted by molar-refractivity contribution is 0.269. The third-order valence-corrected chi connectivity index (χ3v) is 5.80. The molecule has 0 aromatic carbocycles. The van der Waals surface area contributed by atoms with Crippen LogP contribution in [0.15, 0.2) is 9.98 Å². The van der Waals surface area contributed by atoms with Crippen LogP contribution in [0.3, 0.4) is 0 Å². The molecule has 2 fully saturated rings. The van der Waals surface area contributed by atoms with E-state index in [0.29, 0.717) is 23.9 Å². The van der Waals surface area contributed by atoms with Crippen LogP contribution in [0, 0.1) is 11.8 Å². The van der Waals surface area contributed by atoms with Gasteiger partial charge in [-0.1, -0.05) is 33.6 Å². The summed E-state index contributed by atoms with van der Waals surface area (Å²) in [5, 5.41) is 7.23. The summed E-state index contributed by atoms with van der Waals surface area (Å²) in [4.78, 5) is 12.6. The van der Waals surface area contributed by atoms with Gasteiger partial charge in [0.1, 0.15) is 11.7 Å². The molecular weight excluding hydrogens is 298 g/mol. The Morgan fingerprint density at radius 3 is 2.67 bits per heavy atom. The van der Waals surface area contributed by atoms with E-state index in [4.69, 9.17) is 9.98 Å². The number of aliphatic imine (C=N–C) groups is 2. The smallest absolute Gasteiger partial charge is 0.139 e. The van der Waals surface area contributed by atoms with Crippen molar-refractivity contribution in [2.24, 2.45) is 21.8 Å². The standard InChI is InChI=1S/C19H35N5/c1-4-16(14(2)3)22-19-15-7-5-6-8-17(15)21-18(23-19)13-24-11-9-20-10-12-24/h14-17,20H,4-13H2,1-3H3,(H,21,22,23)/t15?,16-,17?/m1/s1. The first-order valence-electron chi connectivity index (χ1n) is 10.0. The largest absolute Gasteiger partial charge is 0.370 e. The van der Waals surface area contributed by atoms with Crippen LogP contribution in [0.1, 0.15) is 52.9 Å². The van der Waals surface area contributed by atoms with Crippen molar-refractivity contribution in [2.75, 3.05) is 32.7 Å². The van der Waals surface area contributed by atoms with Gasteiger partial charge in [0.15, 0.2) is 0 Å². The summed E-state index contributed by atoms with van der Waals surface area (Å²) in [6.45, 7) is 12.2. The van der Waals surface area contributed by atoms with Crippen LogP contribution in [0.4, 0.5) is 0 Å². The van der Waals surface area contributed by atoms with Gasteiger partial charge < -0.3 is 10.6 Å². The van der Waals surface area contributed by atoms with Gasteiger partial charge in [0.05, 0.1) is 12.6 Å². The minimum atomic E-state index is 0.460. The molecule has 3 atom stereocenters. The summed E-state index contributed by atoms with van der Waals surface area (Å²) in [5.41, 5.74) is 0. The molecule has 0 radical (unpaired) electrons. The van der Waals surface area contributed by atoms with E-state index in [9.17, 15) is 0 Å². The topological polar surface area (TPSA) is 52.0 Å². The first-order valence-corrected chi connectivity index (χ1v) is 10.0. The lowest BCUT2D eigenvalue weighted by atomic mass is 9.82. The summed E-state index contributed by atoms with van der Waals surface area (Å²) >= 11 is 0. The maximum Gasteiger partial charge on any atom is 0.139 e. The van der Waals surface area contributed by atoms with Crippen molar-refractivity contribution in [3.8, 4) is 0 Å². The number of nitrogens with zero attached hydrogens (tertiary/aromatic N) is 3. The minimum Gasteiger partial charge on any atom is -0.370 e. The van der Waals surface area contributed by atoms with Gasteiger partial charge in [0.25, 0.3) is 0 Å². The van der Waals surface area contributed by atoms with Gasteiger partial charge in [-0.3, -0.25) is 9.89 Å². The summed E-state index contributed by atoms with van der Waals surface area (Å²) in [6, 6.07) is 0.978. The molecule has 2 unspecified atom stereocenters. The molecule has 5 heteroatoms. The highest BCUT2D eigenvalue weighted by atomic mass is 15.2. The Balaban J connectivity index is 1.73. The second-order valence-corrected chi connectivity index (χ2v) is 7.93. The maximum atomic E-state index is 5.05. The Hall–Kier alpha value is -0.940. The van der Waals surface area contributed by atoms with Crippen LogP contribution < -0.4 is 10.6 Å².